The molecule has 5 nitrogen and oxygen atoms in total. The second kappa shape index (κ2) is 4.00. The molecule has 0 spiro atoms. The molecule has 0 bridgehead atoms. The first-order valence-corrected chi connectivity index (χ1v) is 5.99. The van der Waals surface area contributed by atoms with E-state index in [-0.39, 0.29) is 0 Å². The molecule has 2 aromatic rings. The summed E-state index contributed by atoms with van der Waals surface area (Å²) in [6.07, 6.45) is 1.87. The molecule has 1 saturated heterocycles. The van der Waals surface area contributed by atoms with Crippen LogP contribution in [0.3, 0.4) is 0 Å². The van der Waals surface area contributed by atoms with Crippen molar-refractivity contribution in [2.24, 2.45) is 0 Å². The maximum absolute atomic E-state index is 4.51. The molecule has 0 aliphatic carbocycles. The predicted octanol–water partition coefficient (Wildman–Crippen LogP) is 0.790. The summed E-state index contributed by atoms with van der Waals surface area (Å²) in [5, 5.41) is 4.51. The number of aromatic nitrogens is 3. The smallest absolute Gasteiger partial charge is 0.157 e. The van der Waals surface area contributed by atoms with Crippen LogP contribution in [0.25, 0.3) is 5.65 Å². The third-order valence-corrected chi connectivity index (χ3v) is 3.29. The van der Waals surface area contributed by atoms with Crippen LogP contribution < -0.4 is 4.90 Å². The molecular weight excluding hydrogens is 214 g/mol. The minimum atomic E-state index is 0.930. The molecule has 2 aromatic heterocycles. The number of fused-ring (bicyclic) bond motifs is 1. The van der Waals surface area contributed by atoms with Crippen LogP contribution in [-0.4, -0.2) is 52.7 Å². The zero-order valence-electron chi connectivity index (χ0n) is 10.3. The van der Waals surface area contributed by atoms with E-state index in [0.29, 0.717) is 0 Å². The Balaban J connectivity index is 1.99. The molecule has 1 fully saturated rings. The molecular formula is C12H17N5. The summed E-state index contributed by atoms with van der Waals surface area (Å²) in [4.78, 5) is 9.06. The van der Waals surface area contributed by atoms with Crippen LogP contribution in [0.2, 0.25) is 0 Å². The Bertz CT molecular complexity index is 525. The Labute approximate surface area is 101 Å². The van der Waals surface area contributed by atoms with Gasteiger partial charge in [0.15, 0.2) is 5.65 Å². The van der Waals surface area contributed by atoms with Gasteiger partial charge in [-0.1, -0.05) is 0 Å². The molecule has 0 amide bonds. The van der Waals surface area contributed by atoms with E-state index in [1.54, 1.807) is 0 Å². The van der Waals surface area contributed by atoms with Crippen molar-refractivity contribution in [2.75, 3.05) is 38.1 Å². The van der Waals surface area contributed by atoms with Crippen LogP contribution in [0.4, 0.5) is 5.82 Å². The minimum Gasteiger partial charge on any atom is -0.354 e. The van der Waals surface area contributed by atoms with Crippen LogP contribution >= 0.6 is 0 Å². The van der Waals surface area contributed by atoms with E-state index in [4.69, 9.17) is 0 Å². The number of anilines is 1. The van der Waals surface area contributed by atoms with Crippen LogP contribution in [0.1, 0.15) is 5.69 Å². The van der Waals surface area contributed by atoms with Crippen LogP contribution in [0.15, 0.2) is 18.3 Å². The molecule has 3 heterocycles. The molecule has 0 aromatic carbocycles. The SMILES string of the molecule is Cc1cc2nccc(N3CCN(C)CC3)n2n1. The van der Waals surface area contributed by atoms with Gasteiger partial charge in [-0.15, -0.1) is 0 Å². The third kappa shape index (κ3) is 1.86. The van der Waals surface area contributed by atoms with Gasteiger partial charge in [0.05, 0.1) is 5.69 Å². The number of piperazine rings is 1. The molecule has 0 unspecified atom stereocenters. The highest BCUT2D eigenvalue weighted by Crippen LogP contribution is 2.17. The van der Waals surface area contributed by atoms with Crippen molar-refractivity contribution in [3.05, 3.63) is 24.0 Å². The van der Waals surface area contributed by atoms with E-state index >= 15 is 0 Å². The minimum absolute atomic E-state index is 0.930. The van der Waals surface area contributed by atoms with Crippen molar-refractivity contribution in [3.8, 4) is 0 Å². The van der Waals surface area contributed by atoms with Gasteiger partial charge in [-0.25, -0.2) is 4.98 Å². The quantitative estimate of drug-likeness (QED) is 0.727. The summed E-state index contributed by atoms with van der Waals surface area (Å²) in [5.74, 6) is 1.15. The fraction of sp³-hybridized carbons (Fsp3) is 0.500. The third-order valence-electron chi connectivity index (χ3n) is 3.29. The molecule has 0 radical (unpaired) electrons. The number of rotatable bonds is 1. The van der Waals surface area contributed by atoms with E-state index in [1.807, 2.05) is 29.8 Å². The van der Waals surface area contributed by atoms with Gasteiger partial charge in [0.2, 0.25) is 0 Å². The van der Waals surface area contributed by atoms with Gasteiger partial charge in [0.25, 0.3) is 0 Å². The van der Waals surface area contributed by atoms with Gasteiger partial charge in [0, 0.05) is 38.4 Å². The highest BCUT2D eigenvalue weighted by Gasteiger charge is 2.17. The Hall–Kier alpha value is -1.62. The van der Waals surface area contributed by atoms with Crippen molar-refractivity contribution < 1.29 is 0 Å². The van der Waals surface area contributed by atoms with Crippen molar-refractivity contribution in [3.63, 3.8) is 0 Å². The summed E-state index contributed by atoms with van der Waals surface area (Å²) >= 11 is 0. The number of hydrogen-bond donors (Lipinski definition) is 0. The Morgan fingerprint density at radius 2 is 1.94 bits per heavy atom. The Kier molecular flexibility index (Phi) is 2.48. The average Bonchev–Trinajstić information content (AvgIpc) is 2.70. The fourth-order valence-corrected chi connectivity index (χ4v) is 2.27. The lowest BCUT2D eigenvalue weighted by Crippen LogP contribution is -2.45. The lowest BCUT2D eigenvalue weighted by Gasteiger charge is -2.33. The lowest BCUT2D eigenvalue weighted by molar-refractivity contribution is 0.311. The topological polar surface area (TPSA) is 36.7 Å². The number of nitrogens with zero attached hydrogens (tertiary/aromatic N) is 5. The van der Waals surface area contributed by atoms with E-state index in [0.717, 1.165) is 43.3 Å². The summed E-state index contributed by atoms with van der Waals surface area (Å²) in [7, 11) is 2.16. The van der Waals surface area contributed by atoms with Gasteiger partial charge in [0.1, 0.15) is 5.82 Å². The van der Waals surface area contributed by atoms with E-state index in [1.165, 1.54) is 0 Å². The largest absolute Gasteiger partial charge is 0.354 e. The number of aryl methyl sites for hydroxylation is 1. The van der Waals surface area contributed by atoms with Crippen molar-refractivity contribution in [1.29, 1.82) is 0 Å². The van der Waals surface area contributed by atoms with Crippen LogP contribution in [0.5, 0.6) is 0 Å². The maximum atomic E-state index is 4.51. The molecule has 5 heteroatoms. The van der Waals surface area contributed by atoms with Crippen molar-refractivity contribution in [2.45, 2.75) is 6.92 Å². The lowest BCUT2D eigenvalue weighted by atomic mass is 10.3. The van der Waals surface area contributed by atoms with E-state index in [9.17, 15) is 0 Å². The Morgan fingerprint density at radius 1 is 1.18 bits per heavy atom. The summed E-state index contributed by atoms with van der Waals surface area (Å²) < 4.78 is 1.95. The second-order valence-corrected chi connectivity index (χ2v) is 4.65. The molecule has 1 aliphatic rings. The molecule has 0 N–H and O–H groups in total. The summed E-state index contributed by atoms with van der Waals surface area (Å²) in [5.41, 5.74) is 1.94. The van der Waals surface area contributed by atoms with Crippen molar-refractivity contribution >= 4 is 11.5 Å². The molecule has 0 saturated carbocycles. The standard InChI is InChI=1S/C12H17N5/c1-10-9-11-13-4-3-12(17(11)14-10)16-7-5-15(2)6-8-16/h3-4,9H,5-8H2,1-2H3. The van der Waals surface area contributed by atoms with Crippen molar-refractivity contribution in [1.82, 2.24) is 19.5 Å². The van der Waals surface area contributed by atoms with Crippen LogP contribution in [0, 0.1) is 6.92 Å². The van der Waals surface area contributed by atoms with Gasteiger partial charge in [-0.05, 0) is 20.0 Å². The normalized spacial score (nSPS) is 17.9. The highest BCUT2D eigenvalue weighted by molar-refractivity contribution is 5.50. The zero-order chi connectivity index (χ0) is 11.8. The first-order valence-electron chi connectivity index (χ1n) is 5.99. The Morgan fingerprint density at radius 3 is 2.71 bits per heavy atom. The zero-order valence-corrected chi connectivity index (χ0v) is 10.3. The molecule has 1 aliphatic heterocycles. The van der Waals surface area contributed by atoms with Crippen LogP contribution in [-0.2, 0) is 0 Å². The first-order chi connectivity index (χ1) is 8.24. The molecule has 90 valence electrons. The number of likely N-dealkylation sites (N-methyl/N-ethyl adjacent to an activating group) is 1. The van der Waals surface area contributed by atoms with Gasteiger partial charge in [-0.3, -0.25) is 0 Å². The summed E-state index contributed by atoms with van der Waals surface area (Å²) in [6, 6.07) is 4.06. The highest BCUT2D eigenvalue weighted by atomic mass is 15.4. The average molecular weight is 231 g/mol. The van der Waals surface area contributed by atoms with Gasteiger partial charge >= 0.3 is 0 Å². The van der Waals surface area contributed by atoms with E-state index in [2.05, 4.69) is 26.9 Å². The predicted molar refractivity (Wildman–Crippen MR) is 67.4 cm³/mol. The first kappa shape index (κ1) is 10.5. The monoisotopic (exact) mass is 231 g/mol. The second-order valence-electron chi connectivity index (χ2n) is 4.65. The molecule has 0 atom stereocenters. The maximum Gasteiger partial charge on any atom is 0.157 e. The fourth-order valence-electron chi connectivity index (χ4n) is 2.27. The van der Waals surface area contributed by atoms with Gasteiger partial charge in [-0.2, -0.15) is 9.61 Å². The molecule has 17 heavy (non-hydrogen) atoms. The van der Waals surface area contributed by atoms with E-state index < -0.39 is 0 Å². The molecule has 3 rings (SSSR count). The summed E-state index contributed by atoms with van der Waals surface area (Å²) in [6.45, 7) is 6.31. The van der Waals surface area contributed by atoms with Gasteiger partial charge < -0.3 is 9.80 Å². The number of hydrogen-bond acceptors (Lipinski definition) is 4.